The smallest absolute Gasteiger partial charge is 0.191 e. The van der Waals surface area contributed by atoms with E-state index in [1.165, 1.54) is 32.1 Å². The number of thiazole rings is 1. The molecule has 0 atom stereocenters. The number of aromatic nitrogens is 4. The standard InChI is InChI=1S/C19H21ClN4S2/c1-24-17(13-7-3-2-4-8-13)22-23-19(24)26-12-14-11-25-18(21-14)15-9-5-6-10-16(15)20/h5-6,9-11,13H,2-4,7-8,12H2,1H3. The zero-order valence-corrected chi connectivity index (χ0v) is 17.1. The summed E-state index contributed by atoms with van der Waals surface area (Å²) in [5, 5.41) is 13.7. The lowest BCUT2D eigenvalue weighted by atomic mass is 9.89. The summed E-state index contributed by atoms with van der Waals surface area (Å²) in [6, 6.07) is 7.84. The van der Waals surface area contributed by atoms with E-state index in [2.05, 4.69) is 27.2 Å². The Morgan fingerprint density at radius 3 is 2.81 bits per heavy atom. The van der Waals surface area contributed by atoms with E-state index in [1.807, 2.05) is 24.3 Å². The maximum Gasteiger partial charge on any atom is 0.191 e. The number of nitrogens with zero attached hydrogens (tertiary/aromatic N) is 4. The van der Waals surface area contributed by atoms with Crippen molar-refractivity contribution in [1.29, 1.82) is 0 Å². The van der Waals surface area contributed by atoms with Gasteiger partial charge >= 0.3 is 0 Å². The van der Waals surface area contributed by atoms with Gasteiger partial charge in [0.05, 0.1) is 10.7 Å². The third kappa shape index (κ3) is 3.82. The zero-order valence-electron chi connectivity index (χ0n) is 14.7. The van der Waals surface area contributed by atoms with Crippen LogP contribution in [0, 0.1) is 0 Å². The Morgan fingerprint density at radius 1 is 1.19 bits per heavy atom. The van der Waals surface area contributed by atoms with Gasteiger partial charge in [0.15, 0.2) is 5.16 Å². The van der Waals surface area contributed by atoms with Crippen molar-refractivity contribution in [1.82, 2.24) is 19.7 Å². The van der Waals surface area contributed by atoms with Gasteiger partial charge in [-0.1, -0.05) is 60.8 Å². The van der Waals surface area contributed by atoms with Gasteiger partial charge in [0, 0.05) is 29.7 Å². The summed E-state index contributed by atoms with van der Waals surface area (Å²) in [5.41, 5.74) is 2.05. The first-order valence-electron chi connectivity index (χ1n) is 8.94. The van der Waals surface area contributed by atoms with Crippen molar-refractivity contribution in [2.75, 3.05) is 0 Å². The van der Waals surface area contributed by atoms with Gasteiger partial charge in [-0.15, -0.1) is 21.5 Å². The maximum atomic E-state index is 6.28. The number of thioether (sulfide) groups is 1. The number of hydrogen-bond acceptors (Lipinski definition) is 5. The summed E-state index contributed by atoms with van der Waals surface area (Å²) in [7, 11) is 2.09. The summed E-state index contributed by atoms with van der Waals surface area (Å²) in [4.78, 5) is 4.74. The largest absolute Gasteiger partial charge is 0.309 e. The van der Waals surface area contributed by atoms with Crippen LogP contribution in [0.15, 0.2) is 34.8 Å². The first-order valence-corrected chi connectivity index (χ1v) is 11.2. The summed E-state index contributed by atoms with van der Waals surface area (Å²) >= 11 is 9.61. The van der Waals surface area contributed by atoms with Crippen molar-refractivity contribution in [2.24, 2.45) is 7.05 Å². The van der Waals surface area contributed by atoms with Gasteiger partial charge in [-0.3, -0.25) is 0 Å². The van der Waals surface area contributed by atoms with Crippen LogP contribution in [0.2, 0.25) is 5.02 Å². The van der Waals surface area contributed by atoms with E-state index in [-0.39, 0.29) is 0 Å². The molecule has 4 nitrogen and oxygen atoms in total. The number of halogens is 1. The van der Waals surface area contributed by atoms with E-state index in [4.69, 9.17) is 16.6 Å². The van der Waals surface area contributed by atoms with Gasteiger partial charge in [-0.05, 0) is 18.9 Å². The molecule has 0 aliphatic heterocycles. The molecule has 0 unspecified atom stereocenters. The Kier molecular flexibility index (Phi) is 5.62. The van der Waals surface area contributed by atoms with Crippen LogP contribution in [-0.4, -0.2) is 19.7 Å². The number of benzene rings is 1. The van der Waals surface area contributed by atoms with Gasteiger partial charge in [-0.2, -0.15) is 0 Å². The molecule has 0 bridgehead atoms. The molecule has 136 valence electrons. The second-order valence-corrected chi connectivity index (χ2v) is 8.86. The molecule has 0 amide bonds. The van der Waals surface area contributed by atoms with Crippen molar-refractivity contribution in [2.45, 2.75) is 48.9 Å². The summed E-state index contributed by atoms with van der Waals surface area (Å²) in [6.07, 6.45) is 6.45. The SMILES string of the molecule is Cn1c(SCc2csc(-c3ccccc3Cl)n2)nnc1C1CCCCC1. The van der Waals surface area contributed by atoms with Crippen molar-refractivity contribution in [3.05, 3.63) is 46.2 Å². The molecule has 4 rings (SSSR count). The quantitative estimate of drug-likeness (QED) is 0.494. The third-order valence-electron chi connectivity index (χ3n) is 4.84. The minimum absolute atomic E-state index is 0.571. The molecule has 1 fully saturated rings. The van der Waals surface area contributed by atoms with Crippen LogP contribution < -0.4 is 0 Å². The summed E-state index contributed by atoms with van der Waals surface area (Å²) in [6.45, 7) is 0. The van der Waals surface area contributed by atoms with Crippen molar-refractivity contribution in [3.63, 3.8) is 0 Å². The minimum atomic E-state index is 0.571. The number of hydrogen-bond donors (Lipinski definition) is 0. The first-order chi connectivity index (χ1) is 12.7. The molecule has 2 aromatic heterocycles. The van der Waals surface area contributed by atoms with E-state index in [0.717, 1.165) is 38.0 Å². The van der Waals surface area contributed by atoms with E-state index in [0.29, 0.717) is 5.92 Å². The van der Waals surface area contributed by atoms with Gasteiger partial charge < -0.3 is 4.57 Å². The normalized spacial score (nSPS) is 15.5. The lowest BCUT2D eigenvalue weighted by Gasteiger charge is -2.20. The van der Waals surface area contributed by atoms with Gasteiger partial charge in [-0.25, -0.2) is 4.98 Å². The molecule has 1 aliphatic carbocycles. The van der Waals surface area contributed by atoms with E-state index in [1.54, 1.807) is 23.1 Å². The predicted molar refractivity (Wildman–Crippen MR) is 109 cm³/mol. The zero-order chi connectivity index (χ0) is 17.9. The molecule has 26 heavy (non-hydrogen) atoms. The Morgan fingerprint density at radius 2 is 2.00 bits per heavy atom. The fourth-order valence-corrected chi connectivity index (χ4v) is 5.49. The highest BCUT2D eigenvalue weighted by Crippen LogP contribution is 2.34. The fourth-order valence-electron chi connectivity index (χ4n) is 3.44. The lowest BCUT2D eigenvalue weighted by molar-refractivity contribution is 0.418. The van der Waals surface area contributed by atoms with Crippen molar-refractivity contribution < 1.29 is 0 Å². The van der Waals surface area contributed by atoms with Crippen LogP contribution in [0.25, 0.3) is 10.6 Å². The molecular weight excluding hydrogens is 384 g/mol. The highest BCUT2D eigenvalue weighted by Gasteiger charge is 2.22. The highest BCUT2D eigenvalue weighted by molar-refractivity contribution is 7.98. The van der Waals surface area contributed by atoms with Crippen LogP contribution >= 0.6 is 34.7 Å². The van der Waals surface area contributed by atoms with Crippen LogP contribution in [0.4, 0.5) is 0 Å². The second kappa shape index (κ2) is 8.11. The van der Waals surface area contributed by atoms with Gasteiger partial charge in [0.25, 0.3) is 0 Å². The van der Waals surface area contributed by atoms with Gasteiger partial charge in [0.1, 0.15) is 10.8 Å². The van der Waals surface area contributed by atoms with E-state index >= 15 is 0 Å². The average molecular weight is 405 g/mol. The summed E-state index contributed by atoms with van der Waals surface area (Å²) < 4.78 is 2.17. The summed E-state index contributed by atoms with van der Waals surface area (Å²) in [5.74, 6) is 2.50. The van der Waals surface area contributed by atoms with Crippen LogP contribution in [0.3, 0.4) is 0 Å². The Labute approximate surface area is 167 Å². The monoisotopic (exact) mass is 404 g/mol. The predicted octanol–water partition coefficient (Wildman–Crippen LogP) is 5.93. The van der Waals surface area contributed by atoms with Crippen molar-refractivity contribution >= 4 is 34.7 Å². The van der Waals surface area contributed by atoms with Crippen molar-refractivity contribution in [3.8, 4) is 10.6 Å². The fraction of sp³-hybridized carbons (Fsp3) is 0.421. The molecule has 1 saturated carbocycles. The molecule has 1 aromatic carbocycles. The molecule has 1 aliphatic rings. The molecular formula is C19H21ClN4S2. The molecule has 0 N–H and O–H groups in total. The van der Waals surface area contributed by atoms with Crippen LogP contribution in [0.1, 0.15) is 49.5 Å². The topological polar surface area (TPSA) is 43.6 Å². The molecule has 7 heteroatoms. The molecule has 3 aromatic rings. The Balaban J connectivity index is 1.43. The van der Waals surface area contributed by atoms with Gasteiger partial charge in [0.2, 0.25) is 0 Å². The van der Waals surface area contributed by atoms with Crippen LogP contribution in [0.5, 0.6) is 0 Å². The molecule has 2 heterocycles. The number of rotatable bonds is 5. The molecule has 0 saturated heterocycles. The lowest BCUT2D eigenvalue weighted by Crippen LogP contribution is -2.10. The molecule has 0 spiro atoms. The highest BCUT2D eigenvalue weighted by atomic mass is 35.5. The van der Waals surface area contributed by atoms with E-state index in [9.17, 15) is 0 Å². The molecule has 0 radical (unpaired) electrons. The minimum Gasteiger partial charge on any atom is -0.309 e. The third-order valence-corrected chi connectivity index (χ3v) is 7.15. The van der Waals surface area contributed by atoms with Crippen LogP contribution in [-0.2, 0) is 12.8 Å². The maximum absolute atomic E-state index is 6.28. The second-order valence-electron chi connectivity index (χ2n) is 6.65. The Hall–Kier alpha value is -1.37. The first kappa shape index (κ1) is 18.0. The van der Waals surface area contributed by atoms with E-state index < -0.39 is 0 Å². The average Bonchev–Trinajstić information content (AvgIpc) is 3.28. The Bertz CT molecular complexity index is 883.